The van der Waals surface area contributed by atoms with Crippen LogP contribution in [0.1, 0.15) is 51.1 Å². The molecular weight excluding hydrogens is 244 g/mol. The molecule has 0 spiro atoms. The molecule has 1 nitrogen and oxygen atoms in total. The van der Waals surface area contributed by atoms with Crippen LogP contribution in [0.5, 0.6) is 0 Å². The smallest absolute Gasteiger partial charge is 0.128 e. The second kappa shape index (κ2) is 6.47. The van der Waals surface area contributed by atoms with Crippen LogP contribution in [0.25, 0.3) is 0 Å². The van der Waals surface area contributed by atoms with Crippen molar-refractivity contribution in [1.82, 2.24) is 5.32 Å². The Bertz CT molecular complexity index is 419. The fourth-order valence-electron chi connectivity index (χ4n) is 3.21. The highest BCUT2D eigenvalue weighted by atomic mass is 19.1. The summed E-state index contributed by atoms with van der Waals surface area (Å²) in [5.74, 6) is 0.319. The molecule has 1 aliphatic rings. The molecule has 0 bridgehead atoms. The second-order valence-corrected chi connectivity index (χ2v) is 5.67. The van der Waals surface area contributed by atoms with E-state index in [-0.39, 0.29) is 17.7 Å². The first-order chi connectivity index (χ1) is 9.13. The molecule has 0 radical (unpaired) electrons. The third-order valence-electron chi connectivity index (χ3n) is 4.26. The molecule has 0 aliphatic heterocycles. The molecule has 3 atom stereocenters. The molecule has 0 saturated heterocycles. The number of halogens is 2. The molecule has 1 N–H and O–H groups in total. The van der Waals surface area contributed by atoms with Crippen molar-refractivity contribution in [3.63, 3.8) is 0 Å². The average Bonchev–Trinajstić information content (AvgIpc) is 2.80. The van der Waals surface area contributed by atoms with Gasteiger partial charge in [-0.3, -0.25) is 0 Å². The lowest BCUT2D eigenvalue weighted by Gasteiger charge is -2.29. The van der Waals surface area contributed by atoms with Gasteiger partial charge in [-0.05, 0) is 49.4 Å². The van der Waals surface area contributed by atoms with Crippen LogP contribution < -0.4 is 5.32 Å². The van der Waals surface area contributed by atoms with E-state index in [1.54, 1.807) is 0 Å². The summed E-state index contributed by atoms with van der Waals surface area (Å²) in [6.07, 6.45) is 4.46. The van der Waals surface area contributed by atoms with Gasteiger partial charge in [-0.2, -0.15) is 0 Å². The van der Waals surface area contributed by atoms with Gasteiger partial charge in [-0.1, -0.05) is 26.7 Å². The first-order valence-corrected chi connectivity index (χ1v) is 7.31. The fourth-order valence-corrected chi connectivity index (χ4v) is 3.21. The van der Waals surface area contributed by atoms with Crippen LogP contribution in [0.4, 0.5) is 8.78 Å². The van der Waals surface area contributed by atoms with Crippen LogP contribution in [-0.2, 0) is 0 Å². The summed E-state index contributed by atoms with van der Waals surface area (Å²) < 4.78 is 27.4. The summed E-state index contributed by atoms with van der Waals surface area (Å²) in [6, 6.07) is 3.72. The summed E-state index contributed by atoms with van der Waals surface area (Å²) in [4.78, 5) is 0. The molecule has 1 saturated carbocycles. The zero-order chi connectivity index (χ0) is 13.8. The van der Waals surface area contributed by atoms with Gasteiger partial charge in [0.2, 0.25) is 0 Å². The quantitative estimate of drug-likeness (QED) is 0.831. The number of benzene rings is 1. The normalized spacial score (nSPS) is 24.6. The van der Waals surface area contributed by atoms with Gasteiger partial charge in [0.05, 0.1) is 0 Å². The average molecular weight is 267 g/mol. The van der Waals surface area contributed by atoms with Gasteiger partial charge < -0.3 is 5.32 Å². The molecular formula is C16H23F2N. The number of hydrogen-bond donors (Lipinski definition) is 1. The Morgan fingerprint density at radius 2 is 2.11 bits per heavy atom. The highest BCUT2D eigenvalue weighted by molar-refractivity contribution is 5.23. The highest BCUT2D eigenvalue weighted by Crippen LogP contribution is 2.40. The molecule has 0 aromatic heterocycles. The Balaban J connectivity index is 2.28. The van der Waals surface area contributed by atoms with Crippen molar-refractivity contribution in [2.75, 3.05) is 6.54 Å². The Kier molecular flexibility index (Phi) is 4.92. The second-order valence-electron chi connectivity index (χ2n) is 5.67. The Hall–Kier alpha value is -0.960. The van der Waals surface area contributed by atoms with Crippen LogP contribution in [0.15, 0.2) is 18.2 Å². The van der Waals surface area contributed by atoms with E-state index in [1.165, 1.54) is 31.0 Å². The summed E-state index contributed by atoms with van der Waals surface area (Å²) >= 11 is 0. The molecule has 3 unspecified atom stereocenters. The molecule has 106 valence electrons. The SMILES string of the molecule is CCCNC(c1cc(F)ccc1F)C1CCCC1C. The molecule has 0 amide bonds. The standard InChI is InChI=1S/C16H23F2N/c1-3-9-19-16(13-6-4-5-11(13)2)14-10-12(17)7-8-15(14)18/h7-8,10-11,13,16,19H,3-6,9H2,1-2H3. The van der Waals surface area contributed by atoms with Crippen LogP contribution >= 0.6 is 0 Å². The zero-order valence-corrected chi connectivity index (χ0v) is 11.8. The molecule has 3 heteroatoms. The van der Waals surface area contributed by atoms with E-state index >= 15 is 0 Å². The van der Waals surface area contributed by atoms with Crippen LogP contribution in [0.3, 0.4) is 0 Å². The van der Waals surface area contributed by atoms with Crippen molar-refractivity contribution in [1.29, 1.82) is 0 Å². The molecule has 1 aliphatic carbocycles. The van der Waals surface area contributed by atoms with Gasteiger partial charge in [0, 0.05) is 11.6 Å². The van der Waals surface area contributed by atoms with E-state index in [0.717, 1.165) is 19.4 Å². The summed E-state index contributed by atoms with van der Waals surface area (Å²) in [7, 11) is 0. The molecule has 19 heavy (non-hydrogen) atoms. The first kappa shape index (κ1) is 14.4. The van der Waals surface area contributed by atoms with Gasteiger partial charge >= 0.3 is 0 Å². The summed E-state index contributed by atoms with van der Waals surface area (Å²) in [5.41, 5.74) is 0.493. The van der Waals surface area contributed by atoms with Gasteiger partial charge in [-0.15, -0.1) is 0 Å². The molecule has 0 heterocycles. The predicted molar refractivity (Wildman–Crippen MR) is 73.9 cm³/mol. The maximum atomic E-state index is 14.0. The number of rotatable bonds is 5. The van der Waals surface area contributed by atoms with Crippen molar-refractivity contribution < 1.29 is 8.78 Å². The Morgan fingerprint density at radius 1 is 1.32 bits per heavy atom. The van der Waals surface area contributed by atoms with Crippen molar-refractivity contribution in [2.24, 2.45) is 11.8 Å². The third-order valence-corrected chi connectivity index (χ3v) is 4.26. The van der Waals surface area contributed by atoms with E-state index in [4.69, 9.17) is 0 Å². The number of hydrogen-bond acceptors (Lipinski definition) is 1. The summed E-state index contributed by atoms with van der Waals surface area (Å²) in [6.45, 7) is 5.14. The highest BCUT2D eigenvalue weighted by Gasteiger charge is 2.33. The monoisotopic (exact) mass is 267 g/mol. The van der Waals surface area contributed by atoms with E-state index in [9.17, 15) is 8.78 Å². The Labute approximate surface area is 114 Å². The molecule has 2 rings (SSSR count). The summed E-state index contributed by atoms with van der Waals surface area (Å²) in [5, 5.41) is 3.42. The maximum Gasteiger partial charge on any atom is 0.128 e. The van der Waals surface area contributed by atoms with Gasteiger partial charge in [-0.25, -0.2) is 8.78 Å². The van der Waals surface area contributed by atoms with Crippen molar-refractivity contribution >= 4 is 0 Å². The van der Waals surface area contributed by atoms with E-state index in [0.29, 0.717) is 17.4 Å². The molecule has 1 aromatic carbocycles. The van der Waals surface area contributed by atoms with Gasteiger partial charge in [0.25, 0.3) is 0 Å². The fraction of sp³-hybridized carbons (Fsp3) is 0.625. The maximum absolute atomic E-state index is 14.0. The van der Waals surface area contributed by atoms with Crippen molar-refractivity contribution in [3.05, 3.63) is 35.4 Å². The predicted octanol–water partition coefficient (Wildman–Crippen LogP) is 4.44. The number of nitrogens with one attached hydrogen (secondary N) is 1. The van der Waals surface area contributed by atoms with Gasteiger partial charge in [0.15, 0.2) is 0 Å². The lowest BCUT2D eigenvalue weighted by molar-refractivity contribution is 0.295. The third kappa shape index (κ3) is 3.33. The first-order valence-electron chi connectivity index (χ1n) is 7.31. The lowest BCUT2D eigenvalue weighted by atomic mass is 9.85. The Morgan fingerprint density at radius 3 is 2.74 bits per heavy atom. The van der Waals surface area contributed by atoms with Crippen LogP contribution in [0, 0.1) is 23.5 Å². The van der Waals surface area contributed by atoms with E-state index in [2.05, 4.69) is 19.2 Å². The van der Waals surface area contributed by atoms with Crippen molar-refractivity contribution in [2.45, 2.75) is 45.6 Å². The van der Waals surface area contributed by atoms with Crippen molar-refractivity contribution in [3.8, 4) is 0 Å². The van der Waals surface area contributed by atoms with Crippen LogP contribution in [-0.4, -0.2) is 6.54 Å². The van der Waals surface area contributed by atoms with Crippen LogP contribution in [0.2, 0.25) is 0 Å². The lowest BCUT2D eigenvalue weighted by Crippen LogP contribution is -2.31. The van der Waals surface area contributed by atoms with E-state index < -0.39 is 0 Å². The zero-order valence-electron chi connectivity index (χ0n) is 11.8. The minimum absolute atomic E-state index is 0.0619. The molecule has 1 fully saturated rings. The molecule has 1 aromatic rings. The minimum Gasteiger partial charge on any atom is -0.310 e. The minimum atomic E-state index is -0.356. The van der Waals surface area contributed by atoms with Gasteiger partial charge in [0.1, 0.15) is 11.6 Å². The van der Waals surface area contributed by atoms with E-state index in [1.807, 2.05) is 0 Å². The topological polar surface area (TPSA) is 12.0 Å². The largest absolute Gasteiger partial charge is 0.310 e.